The van der Waals surface area contributed by atoms with Crippen LogP contribution < -0.4 is 5.56 Å². The fourth-order valence-corrected chi connectivity index (χ4v) is 2.21. The maximum atomic E-state index is 13.5. The molecule has 0 aliphatic heterocycles. The monoisotopic (exact) mass is 300 g/mol. The summed E-state index contributed by atoms with van der Waals surface area (Å²) in [7, 11) is 0. The lowest BCUT2D eigenvalue weighted by Gasteiger charge is -2.14. The molecular formula is C17H17FN2O2. The van der Waals surface area contributed by atoms with Crippen LogP contribution in [0.1, 0.15) is 30.7 Å². The Labute approximate surface area is 128 Å². The number of benzene rings is 1. The van der Waals surface area contributed by atoms with Crippen LogP contribution in [0.2, 0.25) is 0 Å². The summed E-state index contributed by atoms with van der Waals surface area (Å²) in [5, 5.41) is 9.24. The van der Waals surface area contributed by atoms with Gasteiger partial charge in [-0.05, 0) is 50.1 Å². The van der Waals surface area contributed by atoms with Crippen molar-refractivity contribution >= 4 is 0 Å². The van der Waals surface area contributed by atoms with Crippen LogP contribution in [0.15, 0.2) is 29.1 Å². The number of hydrogen-bond acceptors (Lipinski definition) is 3. The van der Waals surface area contributed by atoms with Crippen LogP contribution >= 0.6 is 0 Å². The number of ether oxygens (including phenoxy) is 1. The van der Waals surface area contributed by atoms with Crippen molar-refractivity contribution in [3.63, 3.8) is 0 Å². The second-order valence-corrected chi connectivity index (χ2v) is 5.34. The molecule has 0 amide bonds. The number of hydrogen-bond donors (Lipinski definition) is 1. The van der Waals surface area contributed by atoms with Crippen LogP contribution in [0.25, 0.3) is 11.1 Å². The smallest absolute Gasteiger partial charge is 0.266 e. The Morgan fingerprint density at radius 1 is 1.32 bits per heavy atom. The van der Waals surface area contributed by atoms with Crippen molar-refractivity contribution < 1.29 is 9.13 Å². The SMILES string of the molecule is Cc1cc(-c2ccc(F)cc2COC(C)C)c(C#N)c(=O)[nH]1. The topological polar surface area (TPSA) is 65.9 Å². The summed E-state index contributed by atoms with van der Waals surface area (Å²) in [5.74, 6) is -0.383. The highest BCUT2D eigenvalue weighted by molar-refractivity contribution is 5.73. The number of nitrogens with one attached hydrogen (secondary N) is 1. The number of rotatable bonds is 4. The molecule has 0 fully saturated rings. The summed E-state index contributed by atoms with van der Waals surface area (Å²) in [4.78, 5) is 14.5. The average molecular weight is 300 g/mol. The number of aromatic nitrogens is 1. The van der Waals surface area contributed by atoms with Crippen LogP contribution in [-0.2, 0) is 11.3 Å². The van der Waals surface area contributed by atoms with Gasteiger partial charge in [0.1, 0.15) is 17.4 Å². The van der Waals surface area contributed by atoms with E-state index in [0.717, 1.165) is 0 Å². The molecular weight excluding hydrogens is 283 g/mol. The minimum Gasteiger partial charge on any atom is -0.374 e. The zero-order valence-electron chi connectivity index (χ0n) is 12.7. The minimum absolute atomic E-state index is 0.00698. The van der Waals surface area contributed by atoms with Crippen molar-refractivity contribution in [2.75, 3.05) is 0 Å². The van der Waals surface area contributed by atoms with Gasteiger partial charge in [-0.25, -0.2) is 4.39 Å². The Hall–Kier alpha value is -2.45. The molecule has 4 nitrogen and oxygen atoms in total. The van der Waals surface area contributed by atoms with Crippen molar-refractivity contribution in [1.29, 1.82) is 5.26 Å². The van der Waals surface area contributed by atoms with E-state index >= 15 is 0 Å². The average Bonchev–Trinajstić information content (AvgIpc) is 2.44. The Morgan fingerprint density at radius 2 is 2.05 bits per heavy atom. The molecule has 0 saturated carbocycles. The van der Waals surface area contributed by atoms with E-state index in [2.05, 4.69) is 4.98 Å². The Morgan fingerprint density at radius 3 is 2.68 bits per heavy atom. The van der Waals surface area contributed by atoms with Crippen molar-refractivity contribution in [3.05, 3.63) is 57.3 Å². The lowest BCUT2D eigenvalue weighted by atomic mass is 9.96. The highest BCUT2D eigenvalue weighted by Gasteiger charge is 2.14. The molecule has 2 aromatic rings. The quantitative estimate of drug-likeness (QED) is 0.942. The zero-order chi connectivity index (χ0) is 16.3. The molecule has 0 aliphatic carbocycles. The zero-order valence-corrected chi connectivity index (χ0v) is 12.7. The number of pyridine rings is 1. The van der Waals surface area contributed by atoms with Gasteiger partial charge >= 0.3 is 0 Å². The van der Waals surface area contributed by atoms with Gasteiger partial charge in [-0.15, -0.1) is 0 Å². The second kappa shape index (κ2) is 6.54. The van der Waals surface area contributed by atoms with Crippen molar-refractivity contribution in [3.8, 4) is 17.2 Å². The van der Waals surface area contributed by atoms with Crippen molar-refractivity contribution in [2.45, 2.75) is 33.5 Å². The number of aromatic amines is 1. The predicted octanol–water partition coefficient (Wildman–Crippen LogP) is 3.29. The molecule has 0 unspecified atom stereocenters. The molecule has 2 rings (SSSR count). The van der Waals surface area contributed by atoms with Crippen molar-refractivity contribution in [1.82, 2.24) is 4.98 Å². The molecule has 0 bridgehead atoms. The van der Waals surface area contributed by atoms with Gasteiger partial charge in [0, 0.05) is 11.3 Å². The fraction of sp³-hybridized carbons (Fsp3) is 0.294. The van der Waals surface area contributed by atoms with Gasteiger partial charge in [0.05, 0.1) is 12.7 Å². The number of aryl methyl sites for hydroxylation is 1. The first-order valence-electron chi connectivity index (χ1n) is 6.96. The number of halogens is 1. The molecule has 0 atom stereocenters. The molecule has 1 heterocycles. The van der Waals surface area contributed by atoms with Crippen LogP contribution in [0.4, 0.5) is 4.39 Å². The summed E-state index contributed by atoms with van der Waals surface area (Å²) < 4.78 is 19.1. The maximum Gasteiger partial charge on any atom is 0.266 e. The molecule has 1 aromatic carbocycles. The van der Waals surface area contributed by atoms with E-state index in [1.807, 2.05) is 19.9 Å². The third-order valence-electron chi connectivity index (χ3n) is 3.21. The van der Waals surface area contributed by atoms with E-state index in [4.69, 9.17) is 4.74 Å². The molecule has 1 aromatic heterocycles. The van der Waals surface area contributed by atoms with E-state index in [0.29, 0.717) is 22.4 Å². The van der Waals surface area contributed by atoms with E-state index in [1.165, 1.54) is 12.1 Å². The van der Waals surface area contributed by atoms with Gasteiger partial charge < -0.3 is 9.72 Å². The number of H-pyrrole nitrogens is 1. The number of nitrogens with zero attached hydrogens (tertiary/aromatic N) is 1. The summed E-state index contributed by atoms with van der Waals surface area (Å²) in [6.07, 6.45) is -0.00698. The van der Waals surface area contributed by atoms with Gasteiger partial charge in [0.15, 0.2) is 0 Å². The summed E-state index contributed by atoms with van der Waals surface area (Å²) >= 11 is 0. The first-order valence-corrected chi connectivity index (χ1v) is 6.96. The summed E-state index contributed by atoms with van der Waals surface area (Å²) in [6, 6.07) is 7.89. The standard InChI is InChI=1S/C17H17FN2O2/c1-10(2)22-9-12-7-13(18)4-5-14(12)15-6-11(3)20-17(21)16(15)8-19/h4-7,10H,9H2,1-3H3,(H,20,21). The highest BCUT2D eigenvalue weighted by Crippen LogP contribution is 2.27. The minimum atomic E-state index is -0.447. The van der Waals surface area contributed by atoms with Gasteiger partial charge in [0.2, 0.25) is 0 Å². The molecule has 0 radical (unpaired) electrons. The van der Waals surface area contributed by atoms with Gasteiger partial charge in [-0.1, -0.05) is 6.07 Å². The van der Waals surface area contributed by atoms with Crippen LogP contribution in [0.5, 0.6) is 0 Å². The molecule has 114 valence electrons. The Balaban J connectivity index is 2.63. The number of nitriles is 1. The third-order valence-corrected chi connectivity index (χ3v) is 3.21. The second-order valence-electron chi connectivity index (χ2n) is 5.34. The molecule has 5 heteroatoms. The van der Waals surface area contributed by atoms with Crippen LogP contribution in [0, 0.1) is 24.1 Å². The first-order chi connectivity index (χ1) is 10.4. The van der Waals surface area contributed by atoms with Crippen molar-refractivity contribution in [2.24, 2.45) is 0 Å². The molecule has 0 saturated heterocycles. The molecule has 22 heavy (non-hydrogen) atoms. The predicted molar refractivity (Wildman–Crippen MR) is 81.8 cm³/mol. The fourth-order valence-electron chi connectivity index (χ4n) is 2.21. The highest BCUT2D eigenvalue weighted by atomic mass is 19.1. The molecule has 0 spiro atoms. The largest absolute Gasteiger partial charge is 0.374 e. The van der Waals surface area contributed by atoms with Gasteiger partial charge in [0.25, 0.3) is 5.56 Å². The van der Waals surface area contributed by atoms with Gasteiger partial charge in [-0.2, -0.15) is 5.26 Å². The van der Waals surface area contributed by atoms with Crippen LogP contribution in [0.3, 0.4) is 0 Å². The summed E-state index contributed by atoms with van der Waals surface area (Å²) in [5.41, 5.74) is 1.94. The van der Waals surface area contributed by atoms with E-state index in [-0.39, 0.29) is 24.1 Å². The van der Waals surface area contributed by atoms with Gasteiger partial charge in [-0.3, -0.25) is 4.79 Å². The third kappa shape index (κ3) is 3.41. The maximum absolute atomic E-state index is 13.5. The normalized spacial score (nSPS) is 10.7. The Kier molecular flexibility index (Phi) is 4.74. The molecule has 1 N–H and O–H groups in total. The van der Waals surface area contributed by atoms with Crippen LogP contribution in [-0.4, -0.2) is 11.1 Å². The lowest BCUT2D eigenvalue weighted by Crippen LogP contribution is -2.13. The Bertz CT molecular complexity index is 788. The summed E-state index contributed by atoms with van der Waals surface area (Å²) in [6.45, 7) is 5.72. The molecule has 0 aliphatic rings. The van der Waals surface area contributed by atoms with E-state index in [1.54, 1.807) is 19.1 Å². The lowest BCUT2D eigenvalue weighted by molar-refractivity contribution is 0.0658. The van der Waals surface area contributed by atoms with E-state index in [9.17, 15) is 14.4 Å². The van der Waals surface area contributed by atoms with E-state index < -0.39 is 5.56 Å². The first kappa shape index (κ1) is 15.9.